The summed E-state index contributed by atoms with van der Waals surface area (Å²) >= 11 is 0. The van der Waals surface area contributed by atoms with Gasteiger partial charge < -0.3 is 9.73 Å². The molecule has 5 aromatic rings. The zero-order valence-electron chi connectivity index (χ0n) is 21.6. The molecule has 3 heterocycles. The van der Waals surface area contributed by atoms with Gasteiger partial charge in [0.1, 0.15) is 18.0 Å². The van der Waals surface area contributed by atoms with Crippen LogP contribution < -0.4 is 5.32 Å². The van der Waals surface area contributed by atoms with E-state index in [0.29, 0.717) is 30.7 Å². The van der Waals surface area contributed by atoms with Gasteiger partial charge in [-0.3, -0.25) is 9.58 Å². The van der Waals surface area contributed by atoms with Gasteiger partial charge in [-0.2, -0.15) is 5.10 Å². The van der Waals surface area contributed by atoms with Crippen molar-refractivity contribution in [1.82, 2.24) is 34.8 Å². The summed E-state index contributed by atoms with van der Waals surface area (Å²) in [5.41, 5.74) is 4.29. The largest absolute Gasteiger partial charge is 0.420 e. The topological polar surface area (TPSA) is 97.8 Å². The summed E-state index contributed by atoms with van der Waals surface area (Å²) in [5, 5.41) is 17.2. The molecule has 5 rings (SSSR count). The summed E-state index contributed by atoms with van der Waals surface area (Å²) in [4.78, 5) is 11.0. The Morgan fingerprint density at radius 1 is 1.05 bits per heavy atom. The second kappa shape index (κ2) is 11.3. The van der Waals surface area contributed by atoms with Crippen molar-refractivity contribution in [1.29, 1.82) is 0 Å². The minimum Gasteiger partial charge on any atom is -0.420 e. The van der Waals surface area contributed by atoms with Gasteiger partial charge in [-0.05, 0) is 62.0 Å². The van der Waals surface area contributed by atoms with E-state index in [9.17, 15) is 4.39 Å². The van der Waals surface area contributed by atoms with Crippen LogP contribution in [0.15, 0.2) is 59.4 Å². The SMILES string of the molecule is CCN(CC)Cc1nnc(/C=C/c2c(C)ncnc2Nc2ccc3c(cnn3Cc3cccc(F)c3)c2)o1. The fourth-order valence-electron chi connectivity index (χ4n) is 4.21. The molecule has 0 aliphatic rings. The lowest BCUT2D eigenvalue weighted by molar-refractivity contribution is 0.262. The molecule has 0 fully saturated rings. The first kappa shape index (κ1) is 25.2. The zero-order chi connectivity index (χ0) is 26.5. The fraction of sp³-hybridized carbons (Fsp3) is 0.250. The number of nitrogens with one attached hydrogen (secondary N) is 1. The molecule has 0 saturated heterocycles. The second-order valence-corrected chi connectivity index (χ2v) is 8.88. The molecule has 194 valence electrons. The van der Waals surface area contributed by atoms with Crippen molar-refractivity contribution in [3.8, 4) is 0 Å². The summed E-state index contributed by atoms with van der Waals surface area (Å²) in [6.45, 7) is 9.06. The van der Waals surface area contributed by atoms with Crippen LogP contribution in [0.1, 0.15) is 42.4 Å². The van der Waals surface area contributed by atoms with Gasteiger partial charge >= 0.3 is 0 Å². The van der Waals surface area contributed by atoms with Gasteiger partial charge in [0, 0.05) is 22.7 Å². The Bertz CT molecular complexity index is 1570. The Hall–Kier alpha value is -4.44. The molecular weight excluding hydrogens is 483 g/mol. The third-order valence-electron chi connectivity index (χ3n) is 6.34. The molecule has 3 aromatic heterocycles. The lowest BCUT2D eigenvalue weighted by Crippen LogP contribution is -2.22. The standard InChI is InChI=1S/C28H29FN8O/c1-4-36(5-2)17-27-35-34-26(38-27)12-10-24-19(3)30-18-31-28(24)33-23-9-11-25-21(14-23)15-32-37(25)16-20-7-6-8-22(29)13-20/h6-15,18H,4-5,16-17H2,1-3H3,(H,30,31,33)/b12-10+. The number of aromatic nitrogens is 6. The van der Waals surface area contributed by atoms with E-state index >= 15 is 0 Å². The van der Waals surface area contributed by atoms with Crippen LogP contribution >= 0.6 is 0 Å². The lowest BCUT2D eigenvalue weighted by Gasteiger charge is -2.14. The van der Waals surface area contributed by atoms with E-state index in [4.69, 9.17) is 4.42 Å². The van der Waals surface area contributed by atoms with Crippen molar-refractivity contribution in [2.24, 2.45) is 0 Å². The highest BCUT2D eigenvalue weighted by Gasteiger charge is 2.11. The molecule has 0 spiro atoms. The number of nitrogens with zero attached hydrogens (tertiary/aromatic N) is 7. The molecule has 1 N–H and O–H groups in total. The Kier molecular flexibility index (Phi) is 7.50. The summed E-state index contributed by atoms with van der Waals surface area (Å²) in [7, 11) is 0. The summed E-state index contributed by atoms with van der Waals surface area (Å²) in [6, 6.07) is 12.5. The highest BCUT2D eigenvalue weighted by Crippen LogP contribution is 2.26. The van der Waals surface area contributed by atoms with Gasteiger partial charge in [0.05, 0.1) is 30.5 Å². The van der Waals surface area contributed by atoms with Crippen molar-refractivity contribution in [3.05, 3.63) is 89.4 Å². The number of halogens is 1. The van der Waals surface area contributed by atoms with E-state index in [1.807, 2.05) is 41.9 Å². The van der Waals surface area contributed by atoms with E-state index in [0.717, 1.165) is 46.5 Å². The molecule has 0 unspecified atom stereocenters. The van der Waals surface area contributed by atoms with Crippen molar-refractivity contribution in [3.63, 3.8) is 0 Å². The Labute approximate surface area is 220 Å². The van der Waals surface area contributed by atoms with Gasteiger partial charge in [0.2, 0.25) is 11.8 Å². The number of anilines is 2. The molecule has 0 saturated carbocycles. The first-order valence-corrected chi connectivity index (χ1v) is 12.5. The van der Waals surface area contributed by atoms with Gasteiger partial charge in [0.25, 0.3) is 0 Å². The number of benzene rings is 2. The molecule has 0 atom stereocenters. The zero-order valence-corrected chi connectivity index (χ0v) is 21.6. The second-order valence-electron chi connectivity index (χ2n) is 8.88. The van der Waals surface area contributed by atoms with Crippen LogP contribution in [0.3, 0.4) is 0 Å². The molecule has 0 amide bonds. The maximum absolute atomic E-state index is 13.6. The maximum Gasteiger partial charge on any atom is 0.240 e. The van der Waals surface area contributed by atoms with E-state index in [1.165, 1.54) is 18.5 Å². The van der Waals surface area contributed by atoms with Crippen LogP contribution in [0.4, 0.5) is 15.9 Å². The quantitative estimate of drug-likeness (QED) is 0.263. The lowest BCUT2D eigenvalue weighted by atomic mass is 10.2. The molecule has 2 aromatic carbocycles. The van der Waals surface area contributed by atoms with Crippen molar-refractivity contribution >= 4 is 34.6 Å². The number of aryl methyl sites for hydroxylation is 1. The molecule has 38 heavy (non-hydrogen) atoms. The summed E-state index contributed by atoms with van der Waals surface area (Å²) in [6.07, 6.45) is 6.98. The van der Waals surface area contributed by atoms with Crippen LogP contribution in [-0.2, 0) is 13.1 Å². The van der Waals surface area contributed by atoms with Gasteiger partial charge in [-0.1, -0.05) is 26.0 Å². The maximum atomic E-state index is 13.6. The molecular formula is C28H29FN8O. The number of hydrogen-bond acceptors (Lipinski definition) is 8. The number of rotatable bonds is 10. The molecule has 9 nitrogen and oxygen atoms in total. The van der Waals surface area contributed by atoms with Crippen LogP contribution in [0, 0.1) is 12.7 Å². The first-order chi connectivity index (χ1) is 18.5. The molecule has 0 bridgehead atoms. The molecule has 0 radical (unpaired) electrons. The molecule has 0 aliphatic heterocycles. The first-order valence-electron chi connectivity index (χ1n) is 12.5. The van der Waals surface area contributed by atoms with Crippen molar-refractivity contribution in [2.45, 2.75) is 33.9 Å². The number of hydrogen-bond donors (Lipinski definition) is 1. The minimum absolute atomic E-state index is 0.255. The monoisotopic (exact) mass is 512 g/mol. The number of fused-ring (bicyclic) bond motifs is 1. The third kappa shape index (κ3) is 5.76. The Morgan fingerprint density at radius 3 is 2.74 bits per heavy atom. The summed E-state index contributed by atoms with van der Waals surface area (Å²) in [5.74, 6) is 1.41. The average Bonchev–Trinajstić information content (AvgIpc) is 3.53. The molecule has 10 heteroatoms. The van der Waals surface area contributed by atoms with Gasteiger partial charge in [-0.15, -0.1) is 10.2 Å². The van der Waals surface area contributed by atoms with Crippen LogP contribution in [0.2, 0.25) is 0 Å². The van der Waals surface area contributed by atoms with E-state index < -0.39 is 0 Å². The van der Waals surface area contributed by atoms with E-state index in [1.54, 1.807) is 18.3 Å². The van der Waals surface area contributed by atoms with Gasteiger partial charge in [-0.25, -0.2) is 14.4 Å². The highest BCUT2D eigenvalue weighted by atomic mass is 19.1. The van der Waals surface area contributed by atoms with E-state index in [-0.39, 0.29) is 5.82 Å². The van der Waals surface area contributed by atoms with Crippen LogP contribution in [0.25, 0.3) is 23.1 Å². The minimum atomic E-state index is -0.255. The van der Waals surface area contributed by atoms with E-state index in [2.05, 4.69) is 49.3 Å². The Balaban J connectivity index is 1.34. The van der Waals surface area contributed by atoms with Crippen molar-refractivity contribution < 1.29 is 8.81 Å². The predicted molar refractivity (Wildman–Crippen MR) is 145 cm³/mol. The highest BCUT2D eigenvalue weighted by molar-refractivity contribution is 5.84. The molecule has 0 aliphatic carbocycles. The van der Waals surface area contributed by atoms with Crippen LogP contribution in [0.5, 0.6) is 0 Å². The predicted octanol–water partition coefficient (Wildman–Crippen LogP) is 5.46. The fourth-order valence-corrected chi connectivity index (χ4v) is 4.21. The normalized spacial score (nSPS) is 11.7. The van der Waals surface area contributed by atoms with Gasteiger partial charge in [0.15, 0.2) is 0 Å². The smallest absolute Gasteiger partial charge is 0.240 e. The summed E-state index contributed by atoms with van der Waals surface area (Å²) < 4.78 is 21.2. The Morgan fingerprint density at radius 2 is 1.92 bits per heavy atom. The van der Waals surface area contributed by atoms with Crippen molar-refractivity contribution in [2.75, 3.05) is 18.4 Å². The third-order valence-corrected chi connectivity index (χ3v) is 6.34. The van der Waals surface area contributed by atoms with Crippen LogP contribution in [-0.4, -0.2) is 47.9 Å². The average molecular weight is 513 g/mol.